The van der Waals surface area contributed by atoms with Gasteiger partial charge in [0.25, 0.3) is 11.8 Å². The lowest BCUT2D eigenvalue weighted by Crippen LogP contribution is -2.57. The summed E-state index contributed by atoms with van der Waals surface area (Å²) in [7, 11) is 0. The van der Waals surface area contributed by atoms with Crippen molar-refractivity contribution >= 4 is 11.8 Å². The maximum atomic E-state index is 12.9. The summed E-state index contributed by atoms with van der Waals surface area (Å²) in [6.45, 7) is 5.49. The Balaban J connectivity index is 1.48. The molecule has 2 aromatic rings. The Morgan fingerprint density at radius 2 is 1.32 bits per heavy atom. The molecule has 2 aromatic carbocycles. The number of carbonyl (C=O) groups excluding carboxylic acids is 2. The molecular formula is C22H26N2O4. The van der Waals surface area contributed by atoms with Crippen molar-refractivity contribution in [3.8, 4) is 11.5 Å². The van der Waals surface area contributed by atoms with Crippen LogP contribution in [0.25, 0.3) is 0 Å². The van der Waals surface area contributed by atoms with Crippen molar-refractivity contribution in [3.63, 3.8) is 0 Å². The SMILES string of the molecule is CC(C)(Oc1ccccc1)C(=O)N1CCN(C(=O)COc2ccccc2)CC1. The molecule has 148 valence electrons. The second-order valence-corrected chi connectivity index (χ2v) is 7.20. The highest BCUT2D eigenvalue weighted by Crippen LogP contribution is 2.21. The van der Waals surface area contributed by atoms with E-state index >= 15 is 0 Å². The highest BCUT2D eigenvalue weighted by molar-refractivity contribution is 5.85. The summed E-state index contributed by atoms with van der Waals surface area (Å²) in [4.78, 5) is 28.7. The van der Waals surface area contributed by atoms with E-state index in [0.29, 0.717) is 37.7 Å². The van der Waals surface area contributed by atoms with E-state index in [4.69, 9.17) is 9.47 Å². The zero-order valence-electron chi connectivity index (χ0n) is 16.3. The Kier molecular flexibility index (Phi) is 6.19. The number of amides is 2. The van der Waals surface area contributed by atoms with Crippen LogP contribution in [0.4, 0.5) is 0 Å². The van der Waals surface area contributed by atoms with Crippen LogP contribution in [0, 0.1) is 0 Å². The predicted octanol–water partition coefficient (Wildman–Crippen LogP) is 2.59. The first-order chi connectivity index (χ1) is 13.5. The van der Waals surface area contributed by atoms with Crippen molar-refractivity contribution in [1.29, 1.82) is 0 Å². The van der Waals surface area contributed by atoms with Gasteiger partial charge in [-0.3, -0.25) is 9.59 Å². The monoisotopic (exact) mass is 382 g/mol. The van der Waals surface area contributed by atoms with Gasteiger partial charge in [0.1, 0.15) is 11.5 Å². The molecule has 1 fully saturated rings. The van der Waals surface area contributed by atoms with Gasteiger partial charge in [-0.05, 0) is 38.1 Å². The highest BCUT2D eigenvalue weighted by atomic mass is 16.5. The van der Waals surface area contributed by atoms with Crippen LogP contribution in [-0.4, -0.2) is 60.0 Å². The normalized spacial score (nSPS) is 14.5. The van der Waals surface area contributed by atoms with Gasteiger partial charge < -0.3 is 19.3 Å². The lowest BCUT2D eigenvalue weighted by Gasteiger charge is -2.38. The summed E-state index contributed by atoms with van der Waals surface area (Å²) < 4.78 is 11.4. The number of para-hydroxylation sites is 2. The van der Waals surface area contributed by atoms with E-state index < -0.39 is 5.60 Å². The topological polar surface area (TPSA) is 59.1 Å². The summed E-state index contributed by atoms with van der Waals surface area (Å²) in [6.07, 6.45) is 0. The molecule has 28 heavy (non-hydrogen) atoms. The van der Waals surface area contributed by atoms with Gasteiger partial charge in [0, 0.05) is 26.2 Å². The molecule has 0 radical (unpaired) electrons. The molecule has 1 saturated heterocycles. The first kappa shape index (κ1) is 19.7. The number of benzene rings is 2. The predicted molar refractivity (Wildman–Crippen MR) is 106 cm³/mol. The molecule has 0 N–H and O–H groups in total. The van der Waals surface area contributed by atoms with E-state index in [1.165, 1.54) is 0 Å². The van der Waals surface area contributed by atoms with Crippen LogP contribution < -0.4 is 9.47 Å². The van der Waals surface area contributed by atoms with Crippen molar-refractivity contribution in [2.45, 2.75) is 19.4 Å². The zero-order valence-corrected chi connectivity index (χ0v) is 16.3. The molecule has 0 spiro atoms. The van der Waals surface area contributed by atoms with E-state index in [1.54, 1.807) is 23.6 Å². The fourth-order valence-electron chi connectivity index (χ4n) is 3.12. The maximum absolute atomic E-state index is 12.9. The van der Waals surface area contributed by atoms with E-state index in [9.17, 15) is 9.59 Å². The lowest BCUT2D eigenvalue weighted by molar-refractivity contribution is -0.150. The summed E-state index contributed by atoms with van der Waals surface area (Å²) in [5.74, 6) is 1.18. The van der Waals surface area contributed by atoms with Crippen LogP contribution in [0.3, 0.4) is 0 Å². The van der Waals surface area contributed by atoms with Crippen molar-refractivity contribution in [2.75, 3.05) is 32.8 Å². The zero-order chi connectivity index (χ0) is 20.0. The third kappa shape index (κ3) is 5.03. The minimum Gasteiger partial charge on any atom is -0.484 e. The van der Waals surface area contributed by atoms with Gasteiger partial charge in [0.2, 0.25) is 0 Å². The van der Waals surface area contributed by atoms with E-state index in [-0.39, 0.29) is 18.4 Å². The second kappa shape index (κ2) is 8.78. The number of carbonyl (C=O) groups is 2. The number of piperazine rings is 1. The molecule has 0 bridgehead atoms. The molecule has 0 saturated carbocycles. The summed E-state index contributed by atoms with van der Waals surface area (Å²) in [6, 6.07) is 18.6. The molecule has 1 heterocycles. The van der Waals surface area contributed by atoms with Crippen molar-refractivity contribution in [2.24, 2.45) is 0 Å². The molecule has 0 atom stereocenters. The van der Waals surface area contributed by atoms with Crippen LogP contribution >= 0.6 is 0 Å². The van der Waals surface area contributed by atoms with E-state index in [0.717, 1.165) is 0 Å². The Labute approximate surface area is 165 Å². The Morgan fingerprint density at radius 3 is 1.89 bits per heavy atom. The second-order valence-electron chi connectivity index (χ2n) is 7.20. The van der Waals surface area contributed by atoms with Crippen LogP contribution in [-0.2, 0) is 9.59 Å². The van der Waals surface area contributed by atoms with Crippen molar-refractivity contribution < 1.29 is 19.1 Å². The summed E-state index contributed by atoms with van der Waals surface area (Å²) in [5.41, 5.74) is -0.968. The summed E-state index contributed by atoms with van der Waals surface area (Å²) >= 11 is 0. The Hall–Kier alpha value is -3.02. The molecule has 1 aliphatic heterocycles. The third-order valence-electron chi connectivity index (χ3n) is 4.66. The quantitative estimate of drug-likeness (QED) is 0.771. The lowest BCUT2D eigenvalue weighted by atomic mass is 10.1. The fraction of sp³-hybridized carbons (Fsp3) is 0.364. The minimum absolute atomic E-state index is 0.000567. The van der Waals surface area contributed by atoms with E-state index in [1.807, 2.05) is 60.7 Å². The first-order valence-electron chi connectivity index (χ1n) is 9.45. The molecule has 6 nitrogen and oxygen atoms in total. The largest absolute Gasteiger partial charge is 0.484 e. The van der Waals surface area contributed by atoms with Crippen LogP contribution in [0.1, 0.15) is 13.8 Å². The van der Waals surface area contributed by atoms with Gasteiger partial charge in [0.15, 0.2) is 12.2 Å². The van der Waals surface area contributed by atoms with Gasteiger partial charge in [-0.25, -0.2) is 0 Å². The molecule has 2 amide bonds. The molecule has 0 unspecified atom stereocenters. The third-order valence-corrected chi connectivity index (χ3v) is 4.66. The molecule has 3 rings (SSSR count). The number of ether oxygens (including phenoxy) is 2. The first-order valence-corrected chi connectivity index (χ1v) is 9.45. The molecule has 0 aromatic heterocycles. The smallest absolute Gasteiger partial charge is 0.266 e. The highest BCUT2D eigenvalue weighted by Gasteiger charge is 2.36. The van der Waals surface area contributed by atoms with Gasteiger partial charge in [-0.1, -0.05) is 36.4 Å². The van der Waals surface area contributed by atoms with E-state index in [2.05, 4.69) is 0 Å². The van der Waals surface area contributed by atoms with Crippen molar-refractivity contribution in [3.05, 3.63) is 60.7 Å². The molecule has 1 aliphatic rings. The Morgan fingerprint density at radius 1 is 0.821 bits per heavy atom. The molecular weight excluding hydrogens is 356 g/mol. The van der Waals surface area contributed by atoms with Gasteiger partial charge in [-0.15, -0.1) is 0 Å². The minimum atomic E-state index is -0.968. The number of rotatable bonds is 6. The van der Waals surface area contributed by atoms with Gasteiger partial charge >= 0.3 is 0 Å². The fourth-order valence-corrected chi connectivity index (χ4v) is 3.12. The number of hydrogen-bond acceptors (Lipinski definition) is 4. The Bertz CT molecular complexity index is 785. The van der Waals surface area contributed by atoms with Gasteiger partial charge in [-0.2, -0.15) is 0 Å². The van der Waals surface area contributed by atoms with Crippen LogP contribution in [0.2, 0.25) is 0 Å². The average Bonchev–Trinajstić information content (AvgIpc) is 2.73. The average molecular weight is 382 g/mol. The van der Waals surface area contributed by atoms with Crippen LogP contribution in [0.15, 0.2) is 60.7 Å². The van der Waals surface area contributed by atoms with Crippen molar-refractivity contribution in [1.82, 2.24) is 9.80 Å². The maximum Gasteiger partial charge on any atom is 0.266 e. The summed E-state index contributed by atoms with van der Waals surface area (Å²) in [5, 5.41) is 0. The van der Waals surface area contributed by atoms with Gasteiger partial charge in [0.05, 0.1) is 0 Å². The molecule has 0 aliphatic carbocycles. The number of hydrogen-bond donors (Lipinski definition) is 0. The standard InChI is InChI=1S/C22H26N2O4/c1-22(2,28-19-11-7-4-8-12-19)21(26)24-15-13-23(14-16-24)20(25)17-27-18-9-5-3-6-10-18/h3-12H,13-17H2,1-2H3. The van der Waals surface area contributed by atoms with Crippen LogP contribution in [0.5, 0.6) is 11.5 Å². The molecule has 6 heteroatoms. The number of nitrogens with zero attached hydrogens (tertiary/aromatic N) is 2.